The lowest BCUT2D eigenvalue weighted by Crippen LogP contribution is -2.38. The van der Waals surface area contributed by atoms with Crippen LogP contribution in [0, 0.1) is 12.7 Å². The molecular weight excluding hydrogens is 323 g/mol. The fraction of sp³-hybridized carbons (Fsp3) is 0.158. The Kier molecular flexibility index (Phi) is 3.46. The highest BCUT2D eigenvalue weighted by Gasteiger charge is 2.48. The third-order valence-corrected chi connectivity index (χ3v) is 5.28. The van der Waals surface area contributed by atoms with E-state index in [4.69, 9.17) is 0 Å². The molecule has 1 aromatic heterocycles. The van der Waals surface area contributed by atoms with Crippen LogP contribution in [0.1, 0.15) is 21.8 Å². The number of anilines is 1. The van der Waals surface area contributed by atoms with Crippen molar-refractivity contribution in [2.75, 3.05) is 5.32 Å². The van der Waals surface area contributed by atoms with Gasteiger partial charge in [0.1, 0.15) is 11.2 Å². The quantitative estimate of drug-likeness (QED) is 0.782. The maximum absolute atomic E-state index is 13.6. The summed E-state index contributed by atoms with van der Waals surface area (Å²) < 4.78 is 13.6. The van der Waals surface area contributed by atoms with E-state index in [1.54, 1.807) is 17.4 Å². The number of hydrogen-bond donors (Lipinski definition) is 1. The van der Waals surface area contributed by atoms with Crippen LogP contribution in [-0.4, -0.2) is 10.9 Å². The maximum atomic E-state index is 13.6. The highest BCUT2D eigenvalue weighted by molar-refractivity contribution is 7.09. The molecule has 0 fully saturated rings. The number of nitrogens with one attached hydrogen (secondary N) is 1. The predicted molar refractivity (Wildman–Crippen MR) is 92.8 cm³/mol. The Balaban J connectivity index is 1.94. The van der Waals surface area contributed by atoms with Crippen LogP contribution in [0.4, 0.5) is 10.1 Å². The third-order valence-electron chi connectivity index (χ3n) is 4.46. The summed E-state index contributed by atoms with van der Waals surface area (Å²) >= 11 is 1.56. The van der Waals surface area contributed by atoms with Gasteiger partial charge in [-0.3, -0.25) is 4.79 Å². The van der Waals surface area contributed by atoms with Gasteiger partial charge in [-0.25, -0.2) is 9.37 Å². The molecule has 4 rings (SSSR count). The van der Waals surface area contributed by atoms with E-state index in [0.717, 1.165) is 21.8 Å². The molecule has 1 N–H and O–H groups in total. The molecule has 1 aliphatic rings. The normalized spacial score (nSPS) is 19.2. The number of amides is 1. The molecule has 24 heavy (non-hydrogen) atoms. The van der Waals surface area contributed by atoms with Gasteiger partial charge in [-0.15, -0.1) is 11.3 Å². The van der Waals surface area contributed by atoms with E-state index < -0.39 is 5.41 Å². The van der Waals surface area contributed by atoms with Crippen LogP contribution in [0.15, 0.2) is 53.9 Å². The second-order valence-electron chi connectivity index (χ2n) is 5.95. The lowest BCUT2D eigenvalue weighted by molar-refractivity contribution is -0.119. The zero-order chi connectivity index (χ0) is 16.7. The number of benzene rings is 2. The van der Waals surface area contributed by atoms with E-state index in [2.05, 4.69) is 10.3 Å². The molecular formula is C19H15FN2OS. The molecule has 2 heterocycles. The molecule has 3 nitrogen and oxygen atoms in total. The molecule has 1 atom stereocenters. The van der Waals surface area contributed by atoms with Crippen molar-refractivity contribution in [3.63, 3.8) is 0 Å². The van der Waals surface area contributed by atoms with Crippen LogP contribution in [0.3, 0.4) is 0 Å². The largest absolute Gasteiger partial charge is 0.325 e. The topological polar surface area (TPSA) is 42.0 Å². The minimum absolute atomic E-state index is 0.139. The molecule has 0 saturated heterocycles. The van der Waals surface area contributed by atoms with Crippen molar-refractivity contribution in [1.82, 2.24) is 4.98 Å². The third kappa shape index (κ3) is 2.24. The molecule has 0 radical (unpaired) electrons. The van der Waals surface area contributed by atoms with Crippen LogP contribution >= 0.6 is 11.3 Å². The van der Waals surface area contributed by atoms with Crippen LogP contribution in [-0.2, 0) is 16.6 Å². The first-order chi connectivity index (χ1) is 11.6. The molecule has 1 amide bonds. The zero-order valence-corrected chi connectivity index (χ0v) is 13.9. The molecule has 2 aromatic carbocycles. The number of halogens is 1. The van der Waals surface area contributed by atoms with Gasteiger partial charge in [-0.1, -0.05) is 36.4 Å². The summed E-state index contributed by atoms with van der Waals surface area (Å²) in [6.45, 7) is 1.95. The van der Waals surface area contributed by atoms with E-state index in [9.17, 15) is 9.18 Å². The van der Waals surface area contributed by atoms with Crippen molar-refractivity contribution >= 4 is 22.9 Å². The van der Waals surface area contributed by atoms with Gasteiger partial charge in [0.15, 0.2) is 0 Å². The van der Waals surface area contributed by atoms with Gasteiger partial charge in [-0.05, 0) is 30.2 Å². The van der Waals surface area contributed by atoms with E-state index in [0.29, 0.717) is 12.1 Å². The average Bonchev–Trinajstić information content (AvgIpc) is 3.10. The van der Waals surface area contributed by atoms with Crippen molar-refractivity contribution in [1.29, 1.82) is 0 Å². The van der Waals surface area contributed by atoms with Crippen molar-refractivity contribution in [2.45, 2.75) is 18.8 Å². The number of aryl methyl sites for hydroxylation is 1. The van der Waals surface area contributed by atoms with E-state index in [-0.39, 0.29) is 11.7 Å². The van der Waals surface area contributed by atoms with Gasteiger partial charge in [0.25, 0.3) is 0 Å². The van der Waals surface area contributed by atoms with E-state index in [1.807, 2.05) is 42.6 Å². The highest BCUT2D eigenvalue weighted by atomic mass is 32.1. The van der Waals surface area contributed by atoms with Crippen molar-refractivity contribution < 1.29 is 9.18 Å². The average molecular weight is 338 g/mol. The second-order valence-corrected chi connectivity index (χ2v) is 7.01. The summed E-state index contributed by atoms with van der Waals surface area (Å²) in [6.07, 6.45) is 0.450. The summed E-state index contributed by atoms with van der Waals surface area (Å²) in [7, 11) is 0. The Morgan fingerprint density at radius 2 is 2.00 bits per heavy atom. The van der Waals surface area contributed by atoms with Crippen molar-refractivity contribution in [3.05, 3.63) is 81.6 Å². The molecule has 1 unspecified atom stereocenters. The Bertz CT molecular complexity index is 922. The lowest BCUT2D eigenvalue weighted by Gasteiger charge is -2.27. The minimum atomic E-state index is -0.884. The monoisotopic (exact) mass is 338 g/mol. The van der Waals surface area contributed by atoms with Crippen LogP contribution in [0.25, 0.3) is 0 Å². The van der Waals surface area contributed by atoms with Crippen LogP contribution in [0.2, 0.25) is 0 Å². The molecule has 0 aliphatic carbocycles. The molecule has 0 spiro atoms. The first kappa shape index (κ1) is 15.0. The Morgan fingerprint density at radius 3 is 2.71 bits per heavy atom. The molecule has 5 heteroatoms. The van der Waals surface area contributed by atoms with Crippen LogP contribution in [0.5, 0.6) is 0 Å². The Hall–Kier alpha value is -2.53. The standard InChI is InChI=1S/C19H15FN2OS/c1-12-21-15(11-24-12)10-19(13-5-3-2-4-6-13)16-8-7-14(20)9-17(16)22-18(19)23/h2-9,11H,10H2,1H3,(H,22,23). The smallest absolute Gasteiger partial charge is 0.239 e. The van der Waals surface area contributed by atoms with Gasteiger partial charge >= 0.3 is 0 Å². The maximum Gasteiger partial charge on any atom is 0.239 e. The van der Waals surface area contributed by atoms with Gasteiger partial charge in [0.05, 0.1) is 10.7 Å². The summed E-state index contributed by atoms with van der Waals surface area (Å²) in [4.78, 5) is 17.6. The number of nitrogens with zero attached hydrogens (tertiary/aromatic N) is 1. The second kappa shape index (κ2) is 5.53. The number of aromatic nitrogens is 1. The fourth-order valence-corrected chi connectivity index (χ4v) is 4.00. The SMILES string of the molecule is Cc1nc(CC2(c3ccccc3)C(=O)Nc3cc(F)ccc32)cs1. The number of carbonyl (C=O) groups excluding carboxylic acids is 1. The number of hydrogen-bond acceptors (Lipinski definition) is 3. The Morgan fingerprint density at radius 1 is 1.21 bits per heavy atom. The summed E-state index contributed by atoms with van der Waals surface area (Å²) in [5, 5.41) is 5.80. The number of thiazole rings is 1. The van der Waals surface area contributed by atoms with E-state index >= 15 is 0 Å². The van der Waals surface area contributed by atoms with Gasteiger partial charge in [0, 0.05) is 17.5 Å². The van der Waals surface area contributed by atoms with E-state index in [1.165, 1.54) is 12.1 Å². The molecule has 120 valence electrons. The summed E-state index contributed by atoms with van der Waals surface area (Å²) in [5.41, 5.74) is 2.21. The minimum Gasteiger partial charge on any atom is -0.325 e. The number of fused-ring (bicyclic) bond motifs is 1. The molecule has 3 aromatic rings. The van der Waals surface area contributed by atoms with Crippen molar-refractivity contribution in [2.24, 2.45) is 0 Å². The number of carbonyl (C=O) groups is 1. The Labute approximate surface area is 143 Å². The molecule has 0 bridgehead atoms. The molecule has 1 aliphatic heterocycles. The van der Waals surface area contributed by atoms with Crippen LogP contribution < -0.4 is 5.32 Å². The molecule has 0 saturated carbocycles. The van der Waals surface area contributed by atoms with Gasteiger partial charge in [0.2, 0.25) is 5.91 Å². The van der Waals surface area contributed by atoms with Gasteiger partial charge < -0.3 is 5.32 Å². The highest BCUT2D eigenvalue weighted by Crippen LogP contribution is 2.45. The van der Waals surface area contributed by atoms with Crippen molar-refractivity contribution in [3.8, 4) is 0 Å². The van der Waals surface area contributed by atoms with Gasteiger partial charge in [-0.2, -0.15) is 0 Å². The first-order valence-corrected chi connectivity index (χ1v) is 8.55. The number of rotatable bonds is 3. The predicted octanol–water partition coefficient (Wildman–Crippen LogP) is 4.07. The first-order valence-electron chi connectivity index (χ1n) is 7.67. The summed E-state index contributed by atoms with van der Waals surface area (Å²) in [5.74, 6) is -0.498. The lowest BCUT2D eigenvalue weighted by atomic mass is 9.72. The summed E-state index contributed by atoms with van der Waals surface area (Å²) in [6, 6.07) is 14.1. The zero-order valence-electron chi connectivity index (χ0n) is 13.0. The fourth-order valence-electron chi connectivity index (χ4n) is 3.39.